The van der Waals surface area contributed by atoms with Crippen LogP contribution in [0.3, 0.4) is 0 Å². The van der Waals surface area contributed by atoms with Crippen molar-refractivity contribution in [1.29, 1.82) is 0 Å². The fourth-order valence-corrected chi connectivity index (χ4v) is 2.72. The standard InChI is InChI=1S/C17H16F3NOS/c1-11(23-10-13-4-7-15(19)16(20)8-13)17(22)21-9-12-2-5-14(18)6-3-12/h2-8,11H,9-10H2,1H3,(H,21,22). The molecule has 6 heteroatoms. The lowest BCUT2D eigenvalue weighted by Gasteiger charge is -2.12. The van der Waals surface area contributed by atoms with Gasteiger partial charge in [0.15, 0.2) is 11.6 Å². The molecule has 0 aliphatic rings. The molecule has 0 aromatic heterocycles. The molecule has 122 valence electrons. The lowest BCUT2D eigenvalue weighted by molar-refractivity contribution is -0.120. The highest BCUT2D eigenvalue weighted by Crippen LogP contribution is 2.19. The molecular weight excluding hydrogens is 323 g/mol. The first kappa shape index (κ1) is 17.4. The van der Waals surface area contributed by atoms with E-state index in [1.54, 1.807) is 19.1 Å². The van der Waals surface area contributed by atoms with Gasteiger partial charge in [0.05, 0.1) is 5.25 Å². The molecule has 0 saturated carbocycles. The van der Waals surface area contributed by atoms with Crippen LogP contribution in [0.2, 0.25) is 0 Å². The van der Waals surface area contributed by atoms with E-state index >= 15 is 0 Å². The van der Waals surface area contributed by atoms with Crippen LogP contribution in [0.1, 0.15) is 18.1 Å². The van der Waals surface area contributed by atoms with Crippen molar-refractivity contribution in [3.8, 4) is 0 Å². The van der Waals surface area contributed by atoms with Crippen LogP contribution < -0.4 is 5.32 Å². The maximum atomic E-state index is 13.1. The summed E-state index contributed by atoms with van der Waals surface area (Å²) in [6.45, 7) is 2.06. The molecule has 0 radical (unpaired) electrons. The highest BCUT2D eigenvalue weighted by Gasteiger charge is 2.13. The third-order valence-corrected chi connectivity index (χ3v) is 4.45. The van der Waals surface area contributed by atoms with Crippen LogP contribution in [0.25, 0.3) is 0 Å². The largest absolute Gasteiger partial charge is 0.351 e. The van der Waals surface area contributed by atoms with Crippen molar-refractivity contribution < 1.29 is 18.0 Å². The zero-order valence-electron chi connectivity index (χ0n) is 12.5. The number of carbonyl (C=O) groups excluding carboxylic acids is 1. The molecule has 0 heterocycles. The Kier molecular flexibility index (Phi) is 6.10. The summed E-state index contributed by atoms with van der Waals surface area (Å²) >= 11 is 1.33. The maximum absolute atomic E-state index is 13.1. The van der Waals surface area contributed by atoms with Crippen LogP contribution in [-0.2, 0) is 17.1 Å². The average molecular weight is 339 g/mol. The molecule has 0 aliphatic heterocycles. The van der Waals surface area contributed by atoms with E-state index in [2.05, 4.69) is 5.32 Å². The summed E-state index contributed by atoms with van der Waals surface area (Å²) in [6, 6.07) is 9.58. The quantitative estimate of drug-likeness (QED) is 0.860. The SMILES string of the molecule is CC(SCc1ccc(F)c(F)c1)C(=O)NCc1ccc(F)cc1. The lowest BCUT2D eigenvalue weighted by atomic mass is 10.2. The summed E-state index contributed by atoms with van der Waals surface area (Å²) in [6.07, 6.45) is 0. The van der Waals surface area contributed by atoms with E-state index in [4.69, 9.17) is 0 Å². The van der Waals surface area contributed by atoms with E-state index in [0.717, 1.165) is 17.7 Å². The van der Waals surface area contributed by atoms with Crippen molar-refractivity contribution in [3.63, 3.8) is 0 Å². The summed E-state index contributed by atoms with van der Waals surface area (Å²) in [7, 11) is 0. The molecule has 1 amide bonds. The van der Waals surface area contributed by atoms with Gasteiger partial charge >= 0.3 is 0 Å². The van der Waals surface area contributed by atoms with Gasteiger partial charge in [0.2, 0.25) is 5.91 Å². The van der Waals surface area contributed by atoms with Gasteiger partial charge in [-0.05, 0) is 42.3 Å². The molecule has 1 atom stereocenters. The number of benzene rings is 2. The molecule has 1 N–H and O–H groups in total. The van der Waals surface area contributed by atoms with Gasteiger partial charge < -0.3 is 5.32 Å². The fraction of sp³-hybridized carbons (Fsp3) is 0.235. The number of amides is 1. The first-order chi connectivity index (χ1) is 11.0. The number of halogens is 3. The van der Waals surface area contributed by atoms with E-state index in [-0.39, 0.29) is 17.0 Å². The summed E-state index contributed by atoms with van der Waals surface area (Å²) in [5, 5.41) is 2.41. The Morgan fingerprint density at radius 3 is 2.35 bits per heavy atom. The van der Waals surface area contributed by atoms with Crippen molar-refractivity contribution in [2.45, 2.75) is 24.5 Å². The summed E-state index contributed by atoms with van der Waals surface area (Å²) in [4.78, 5) is 12.0. The fourth-order valence-electron chi connectivity index (χ4n) is 1.86. The summed E-state index contributed by atoms with van der Waals surface area (Å²) in [5.74, 6) is -1.86. The van der Waals surface area contributed by atoms with Gasteiger partial charge in [0.25, 0.3) is 0 Å². The molecule has 0 spiro atoms. The molecule has 0 aliphatic carbocycles. The Morgan fingerprint density at radius 2 is 1.70 bits per heavy atom. The minimum atomic E-state index is -0.892. The van der Waals surface area contributed by atoms with Crippen molar-refractivity contribution in [1.82, 2.24) is 5.32 Å². The van der Waals surface area contributed by atoms with Gasteiger partial charge in [-0.3, -0.25) is 4.79 Å². The molecular formula is C17H16F3NOS. The van der Waals surface area contributed by atoms with Crippen LogP contribution in [0, 0.1) is 17.5 Å². The topological polar surface area (TPSA) is 29.1 Å². The van der Waals surface area contributed by atoms with Crippen LogP contribution in [-0.4, -0.2) is 11.2 Å². The Bertz CT molecular complexity index is 676. The van der Waals surface area contributed by atoms with Crippen LogP contribution in [0.4, 0.5) is 13.2 Å². The smallest absolute Gasteiger partial charge is 0.233 e. The Hall–Kier alpha value is -1.95. The minimum Gasteiger partial charge on any atom is -0.351 e. The van der Waals surface area contributed by atoms with Gasteiger partial charge in [-0.15, -0.1) is 11.8 Å². The first-order valence-electron chi connectivity index (χ1n) is 7.03. The highest BCUT2D eigenvalue weighted by molar-refractivity contribution is 7.99. The Balaban J connectivity index is 1.80. The molecule has 2 aromatic carbocycles. The number of carbonyl (C=O) groups is 1. The molecule has 0 bridgehead atoms. The number of rotatable bonds is 6. The summed E-state index contributed by atoms with van der Waals surface area (Å²) in [5.41, 5.74) is 1.42. The van der Waals surface area contributed by atoms with Crippen molar-refractivity contribution >= 4 is 17.7 Å². The van der Waals surface area contributed by atoms with Gasteiger partial charge in [-0.2, -0.15) is 0 Å². The molecule has 2 aromatic rings. The van der Waals surface area contributed by atoms with Crippen molar-refractivity contribution in [3.05, 3.63) is 71.0 Å². The van der Waals surface area contributed by atoms with Crippen LogP contribution in [0.15, 0.2) is 42.5 Å². The van der Waals surface area contributed by atoms with Gasteiger partial charge in [0, 0.05) is 12.3 Å². The predicted molar refractivity (Wildman–Crippen MR) is 85.4 cm³/mol. The molecule has 2 nitrogen and oxygen atoms in total. The van der Waals surface area contributed by atoms with E-state index in [0.29, 0.717) is 17.9 Å². The number of thioether (sulfide) groups is 1. The Labute approximate surface area is 137 Å². The van der Waals surface area contributed by atoms with E-state index in [1.807, 2.05) is 0 Å². The predicted octanol–water partition coefficient (Wildman–Crippen LogP) is 4.04. The summed E-state index contributed by atoms with van der Waals surface area (Å²) < 4.78 is 38.7. The zero-order chi connectivity index (χ0) is 16.8. The van der Waals surface area contributed by atoms with Gasteiger partial charge in [-0.1, -0.05) is 18.2 Å². The minimum absolute atomic E-state index is 0.165. The van der Waals surface area contributed by atoms with Gasteiger partial charge in [0.1, 0.15) is 5.82 Å². The second-order valence-corrected chi connectivity index (χ2v) is 6.38. The number of hydrogen-bond acceptors (Lipinski definition) is 2. The van der Waals surface area contributed by atoms with E-state index in [1.165, 1.54) is 30.0 Å². The molecule has 1 unspecified atom stereocenters. The molecule has 0 fully saturated rings. The average Bonchev–Trinajstić information content (AvgIpc) is 2.54. The van der Waals surface area contributed by atoms with Crippen LogP contribution in [0.5, 0.6) is 0 Å². The zero-order valence-corrected chi connectivity index (χ0v) is 13.3. The van der Waals surface area contributed by atoms with Crippen LogP contribution >= 0.6 is 11.8 Å². The maximum Gasteiger partial charge on any atom is 0.233 e. The second kappa shape index (κ2) is 8.06. The molecule has 2 rings (SSSR count). The lowest BCUT2D eigenvalue weighted by Crippen LogP contribution is -2.30. The highest BCUT2D eigenvalue weighted by atomic mass is 32.2. The normalized spacial score (nSPS) is 12.0. The van der Waals surface area contributed by atoms with E-state index < -0.39 is 11.6 Å². The van der Waals surface area contributed by atoms with Gasteiger partial charge in [-0.25, -0.2) is 13.2 Å². The number of nitrogens with one attached hydrogen (secondary N) is 1. The Morgan fingerprint density at radius 1 is 1.04 bits per heavy atom. The monoisotopic (exact) mass is 339 g/mol. The van der Waals surface area contributed by atoms with Crippen molar-refractivity contribution in [2.75, 3.05) is 0 Å². The van der Waals surface area contributed by atoms with Crippen molar-refractivity contribution in [2.24, 2.45) is 0 Å². The van der Waals surface area contributed by atoms with E-state index in [9.17, 15) is 18.0 Å². The second-order valence-electron chi connectivity index (χ2n) is 5.05. The first-order valence-corrected chi connectivity index (χ1v) is 8.08. The molecule has 23 heavy (non-hydrogen) atoms. The molecule has 0 saturated heterocycles. The third-order valence-electron chi connectivity index (χ3n) is 3.23. The third kappa shape index (κ3) is 5.32. The number of hydrogen-bond donors (Lipinski definition) is 1.